The molecule has 0 spiro atoms. The van der Waals surface area contributed by atoms with Crippen LogP contribution in [-0.2, 0) is 6.61 Å². The first-order valence-electron chi connectivity index (χ1n) is 7.36. The summed E-state index contributed by atoms with van der Waals surface area (Å²) >= 11 is 0. The molecular weight excluding hydrogens is 276 g/mol. The lowest BCUT2D eigenvalue weighted by Crippen LogP contribution is -2.09. The summed E-state index contributed by atoms with van der Waals surface area (Å²) in [7, 11) is 0. The van der Waals surface area contributed by atoms with Gasteiger partial charge >= 0.3 is 0 Å². The first kappa shape index (κ1) is 14.3. The van der Waals surface area contributed by atoms with Crippen LogP contribution in [0.3, 0.4) is 0 Å². The molecule has 0 aliphatic rings. The number of hydrogen-bond acceptors (Lipinski definition) is 3. The monoisotopic (exact) mass is 296 g/mol. The maximum Gasteiger partial charge on any atom is 0.128 e. The molecule has 3 N–H and O–H groups in total. The molecule has 4 nitrogen and oxygen atoms in total. The Bertz CT molecular complexity index is 806. The number of phenolic OH excluding ortho intramolecular Hbond substituents is 1. The lowest BCUT2D eigenvalue weighted by Gasteiger charge is -2.16. The number of hydrogen-bond donors (Lipinski definition) is 2. The molecule has 4 heteroatoms. The van der Waals surface area contributed by atoms with E-state index in [0.29, 0.717) is 12.4 Å². The van der Waals surface area contributed by atoms with Crippen LogP contribution in [0.15, 0.2) is 48.5 Å². The van der Waals surface area contributed by atoms with Crippen molar-refractivity contribution >= 4 is 16.6 Å². The van der Waals surface area contributed by atoms with E-state index in [0.717, 1.165) is 22.3 Å². The average molecular weight is 296 g/mol. The Labute approximate surface area is 129 Å². The third kappa shape index (κ3) is 2.60. The number of para-hydroxylation sites is 1. The Balaban J connectivity index is 1.96. The van der Waals surface area contributed by atoms with Gasteiger partial charge in [0.15, 0.2) is 0 Å². The standard InChI is InChI=1S/C18H20N2O2/c1-12(2)20-14(9-13-5-3-8-17(19)18(13)20)11-22-16-7-4-6-15(21)10-16/h3-10,12,21H,11,19H2,1-2H3. The summed E-state index contributed by atoms with van der Waals surface area (Å²) in [5.74, 6) is 0.847. The molecule has 3 rings (SSSR count). The summed E-state index contributed by atoms with van der Waals surface area (Å²) in [5.41, 5.74) is 9.02. The molecule has 0 saturated carbocycles. The summed E-state index contributed by atoms with van der Waals surface area (Å²) in [6.07, 6.45) is 0. The molecule has 0 atom stereocenters. The van der Waals surface area contributed by atoms with Crippen LogP contribution in [-0.4, -0.2) is 9.67 Å². The van der Waals surface area contributed by atoms with Gasteiger partial charge < -0.3 is 20.1 Å². The van der Waals surface area contributed by atoms with Crippen LogP contribution >= 0.6 is 0 Å². The van der Waals surface area contributed by atoms with E-state index in [-0.39, 0.29) is 11.8 Å². The van der Waals surface area contributed by atoms with Crippen molar-refractivity contribution in [2.75, 3.05) is 5.73 Å². The molecule has 0 unspecified atom stereocenters. The van der Waals surface area contributed by atoms with Gasteiger partial charge in [0.25, 0.3) is 0 Å². The van der Waals surface area contributed by atoms with Crippen molar-refractivity contribution in [1.29, 1.82) is 0 Å². The van der Waals surface area contributed by atoms with Crippen molar-refractivity contribution in [3.8, 4) is 11.5 Å². The normalized spacial score (nSPS) is 11.2. The van der Waals surface area contributed by atoms with E-state index in [1.807, 2.05) is 18.2 Å². The van der Waals surface area contributed by atoms with E-state index >= 15 is 0 Å². The van der Waals surface area contributed by atoms with Crippen molar-refractivity contribution in [3.05, 3.63) is 54.2 Å². The van der Waals surface area contributed by atoms with Crippen LogP contribution in [0.25, 0.3) is 10.9 Å². The molecule has 1 aromatic heterocycles. The second-order valence-corrected chi connectivity index (χ2v) is 5.67. The smallest absolute Gasteiger partial charge is 0.128 e. The molecule has 22 heavy (non-hydrogen) atoms. The van der Waals surface area contributed by atoms with E-state index in [4.69, 9.17) is 10.5 Å². The van der Waals surface area contributed by atoms with Gasteiger partial charge in [-0.1, -0.05) is 18.2 Å². The van der Waals surface area contributed by atoms with E-state index in [1.165, 1.54) is 0 Å². The summed E-state index contributed by atoms with van der Waals surface area (Å²) in [6.45, 7) is 4.68. The minimum absolute atomic E-state index is 0.200. The van der Waals surface area contributed by atoms with Crippen LogP contribution in [0.4, 0.5) is 5.69 Å². The third-order valence-electron chi connectivity index (χ3n) is 3.69. The fourth-order valence-electron chi connectivity index (χ4n) is 2.80. The van der Waals surface area contributed by atoms with E-state index in [2.05, 4.69) is 30.5 Å². The third-order valence-corrected chi connectivity index (χ3v) is 3.69. The number of aromatic nitrogens is 1. The molecule has 0 amide bonds. The molecule has 2 aromatic carbocycles. The van der Waals surface area contributed by atoms with E-state index in [1.54, 1.807) is 18.2 Å². The molecule has 0 aliphatic heterocycles. The minimum Gasteiger partial charge on any atom is -0.508 e. The average Bonchev–Trinajstić information content (AvgIpc) is 2.85. The second-order valence-electron chi connectivity index (χ2n) is 5.67. The second kappa shape index (κ2) is 5.64. The number of fused-ring (bicyclic) bond motifs is 1. The Hall–Kier alpha value is -2.62. The topological polar surface area (TPSA) is 60.4 Å². The van der Waals surface area contributed by atoms with E-state index in [9.17, 15) is 5.11 Å². The van der Waals surface area contributed by atoms with Gasteiger partial charge in [0, 0.05) is 17.5 Å². The largest absolute Gasteiger partial charge is 0.508 e. The molecule has 1 heterocycles. The zero-order chi connectivity index (χ0) is 15.7. The first-order chi connectivity index (χ1) is 10.6. The highest BCUT2D eigenvalue weighted by molar-refractivity contribution is 5.91. The zero-order valence-corrected chi connectivity index (χ0v) is 12.8. The molecule has 3 aromatic rings. The Morgan fingerprint density at radius 2 is 1.91 bits per heavy atom. The highest BCUT2D eigenvalue weighted by atomic mass is 16.5. The van der Waals surface area contributed by atoms with Crippen LogP contribution in [0.1, 0.15) is 25.6 Å². The molecule has 0 fully saturated rings. The van der Waals surface area contributed by atoms with Crippen molar-refractivity contribution in [1.82, 2.24) is 4.57 Å². The minimum atomic E-state index is 0.200. The number of phenols is 1. The van der Waals surface area contributed by atoms with Gasteiger partial charge in [-0.25, -0.2) is 0 Å². The Kier molecular flexibility index (Phi) is 3.67. The van der Waals surface area contributed by atoms with Gasteiger partial charge in [-0.15, -0.1) is 0 Å². The quantitative estimate of drug-likeness (QED) is 0.713. The fourth-order valence-corrected chi connectivity index (χ4v) is 2.80. The van der Waals surface area contributed by atoms with Gasteiger partial charge in [0.1, 0.15) is 18.1 Å². The van der Waals surface area contributed by atoms with Crippen LogP contribution in [0.5, 0.6) is 11.5 Å². The van der Waals surface area contributed by atoms with Crippen molar-refractivity contribution in [2.24, 2.45) is 0 Å². The van der Waals surface area contributed by atoms with Gasteiger partial charge in [0.2, 0.25) is 0 Å². The number of ether oxygens (including phenoxy) is 1. The number of nitrogens with two attached hydrogens (primary N) is 1. The molecule has 0 saturated heterocycles. The number of benzene rings is 2. The Morgan fingerprint density at radius 1 is 1.14 bits per heavy atom. The Morgan fingerprint density at radius 3 is 2.64 bits per heavy atom. The number of nitrogens with zero attached hydrogens (tertiary/aromatic N) is 1. The number of nitrogen functional groups attached to an aromatic ring is 1. The molecule has 0 radical (unpaired) electrons. The summed E-state index contributed by atoms with van der Waals surface area (Å²) < 4.78 is 8.01. The molecule has 114 valence electrons. The first-order valence-corrected chi connectivity index (χ1v) is 7.36. The SMILES string of the molecule is CC(C)n1c(COc2cccc(O)c2)cc2cccc(N)c21. The van der Waals surface area contributed by atoms with Gasteiger partial charge in [-0.05, 0) is 38.1 Å². The van der Waals surface area contributed by atoms with Gasteiger partial charge in [0.05, 0.1) is 16.9 Å². The van der Waals surface area contributed by atoms with Crippen molar-refractivity contribution < 1.29 is 9.84 Å². The molecule has 0 bridgehead atoms. The number of aromatic hydroxyl groups is 1. The summed E-state index contributed by atoms with van der Waals surface area (Å²) in [5, 5.41) is 10.6. The zero-order valence-electron chi connectivity index (χ0n) is 12.8. The van der Waals surface area contributed by atoms with Crippen LogP contribution in [0, 0.1) is 0 Å². The van der Waals surface area contributed by atoms with Gasteiger partial charge in [-0.2, -0.15) is 0 Å². The lowest BCUT2D eigenvalue weighted by atomic mass is 10.2. The lowest BCUT2D eigenvalue weighted by molar-refractivity contribution is 0.291. The predicted molar refractivity (Wildman–Crippen MR) is 89.2 cm³/mol. The van der Waals surface area contributed by atoms with Crippen molar-refractivity contribution in [2.45, 2.75) is 26.5 Å². The maximum atomic E-state index is 9.50. The highest BCUT2D eigenvalue weighted by Gasteiger charge is 2.14. The van der Waals surface area contributed by atoms with Crippen LogP contribution < -0.4 is 10.5 Å². The van der Waals surface area contributed by atoms with Crippen molar-refractivity contribution in [3.63, 3.8) is 0 Å². The number of rotatable bonds is 4. The molecule has 0 aliphatic carbocycles. The predicted octanol–water partition coefficient (Wildman–Crippen LogP) is 4.09. The maximum absolute atomic E-state index is 9.50. The van der Waals surface area contributed by atoms with E-state index < -0.39 is 0 Å². The van der Waals surface area contributed by atoms with Gasteiger partial charge in [-0.3, -0.25) is 0 Å². The number of anilines is 1. The fraction of sp³-hybridized carbons (Fsp3) is 0.222. The van der Waals surface area contributed by atoms with Crippen LogP contribution in [0.2, 0.25) is 0 Å². The molecular formula is C18H20N2O2. The summed E-state index contributed by atoms with van der Waals surface area (Å²) in [6, 6.07) is 15.2. The highest BCUT2D eigenvalue weighted by Crippen LogP contribution is 2.29. The summed E-state index contributed by atoms with van der Waals surface area (Å²) in [4.78, 5) is 0.